The maximum Gasteiger partial charge on any atom is 0.0946 e. The minimum Gasteiger partial charge on any atom is -0.383 e. The maximum atomic E-state index is 4.00. The molecule has 3 nitrogen and oxygen atoms in total. The van der Waals surface area contributed by atoms with Crippen LogP contribution in [0.2, 0.25) is 0 Å². The summed E-state index contributed by atoms with van der Waals surface area (Å²) in [5.41, 5.74) is 2.49. The van der Waals surface area contributed by atoms with Gasteiger partial charge >= 0.3 is 0 Å². The van der Waals surface area contributed by atoms with Gasteiger partial charge in [-0.2, -0.15) is 0 Å². The Bertz CT molecular complexity index is 407. The van der Waals surface area contributed by atoms with Crippen LogP contribution in [0.15, 0.2) is 43.0 Å². The van der Waals surface area contributed by atoms with Gasteiger partial charge in [0.25, 0.3) is 0 Å². The zero-order valence-corrected chi connectivity index (χ0v) is 8.85. The first kappa shape index (κ1) is 9.77. The third-order valence-corrected chi connectivity index (χ3v) is 2.39. The largest absolute Gasteiger partial charge is 0.383 e. The van der Waals surface area contributed by atoms with Crippen LogP contribution in [0.4, 0.5) is 5.69 Å². The topological polar surface area (TPSA) is 29.9 Å². The number of rotatable bonds is 4. The van der Waals surface area contributed by atoms with E-state index in [-0.39, 0.29) is 0 Å². The maximum absolute atomic E-state index is 4.00. The first-order valence-corrected chi connectivity index (χ1v) is 5.11. The van der Waals surface area contributed by atoms with Gasteiger partial charge in [0.2, 0.25) is 0 Å². The number of para-hydroxylation sites is 1. The highest BCUT2D eigenvalue weighted by molar-refractivity contribution is 5.49. The normalized spacial score (nSPS) is 10.2. The molecule has 1 heterocycles. The molecule has 1 aromatic heterocycles. The highest BCUT2D eigenvalue weighted by Crippen LogP contribution is 2.12. The number of hydrogen-bond donors (Lipinski definition) is 1. The summed E-state index contributed by atoms with van der Waals surface area (Å²) in [6, 6.07) is 8.31. The summed E-state index contributed by atoms with van der Waals surface area (Å²) in [6.07, 6.45) is 5.60. The Hall–Kier alpha value is -1.77. The fraction of sp³-hybridized carbons (Fsp3) is 0.250. The molecule has 15 heavy (non-hydrogen) atoms. The summed E-state index contributed by atoms with van der Waals surface area (Å²) < 4.78 is 2.06. The molecule has 2 aromatic rings. The lowest BCUT2D eigenvalue weighted by molar-refractivity contribution is 0.726. The second-order valence-electron chi connectivity index (χ2n) is 3.54. The van der Waals surface area contributed by atoms with E-state index < -0.39 is 0 Å². The smallest absolute Gasteiger partial charge is 0.0946 e. The van der Waals surface area contributed by atoms with Crippen LogP contribution in [-0.2, 0) is 6.54 Å². The van der Waals surface area contributed by atoms with Crippen molar-refractivity contribution in [3.63, 3.8) is 0 Å². The molecule has 3 heteroatoms. The number of hydrogen-bond acceptors (Lipinski definition) is 2. The van der Waals surface area contributed by atoms with Crippen molar-refractivity contribution in [2.75, 3.05) is 11.9 Å². The van der Waals surface area contributed by atoms with Gasteiger partial charge in [0.05, 0.1) is 6.33 Å². The van der Waals surface area contributed by atoms with Crippen LogP contribution < -0.4 is 5.32 Å². The molecule has 0 saturated carbocycles. The molecule has 0 radical (unpaired) electrons. The van der Waals surface area contributed by atoms with Crippen molar-refractivity contribution in [3.05, 3.63) is 48.5 Å². The second-order valence-corrected chi connectivity index (χ2v) is 3.54. The monoisotopic (exact) mass is 201 g/mol. The third-order valence-electron chi connectivity index (χ3n) is 2.39. The van der Waals surface area contributed by atoms with E-state index in [4.69, 9.17) is 0 Å². The van der Waals surface area contributed by atoms with Crippen LogP contribution >= 0.6 is 0 Å². The molecule has 0 aliphatic rings. The fourth-order valence-electron chi connectivity index (χ4n) is 1.51. The molecule has 0 aliphatic heterocycles. The number of anilines is 1. The lowest BCUT2D eigenvalue weighted by Crippen LogP contribution is -2.09. The lowest BCUT2D eigenvalue weighted by atomic mass is 10.2. The van der Waals surface area contributed by atoms with Crippen molar-refractivity contribution in [2.45, 2.75) is 13.5 Å². The van der Waals surface area contributed by atoms with E-state index in [9.17, 15) is 0 Å². The van der Waals surface area contributed by atoms with Crippen molar-refractivity contribution in [1.29, 1.82) is 0 Å². The highest BCUT2D eigenvalue weighted by Gasteiger charge is 1.95. The Morgan fingerprint density at radius 2 is 2.20 bits per heavy atom. The predicted molar refractivity (Wildman–Crippen MR) is 61.9 cm³/mol. The van der Waals surface area contributed by atoms with E-state index >= 15 is 0 Å². The summed E-state index contributed by atoms with van der Waals surface area (Å²) in [5.74, 6) is 0. The van der Waals surface area contributed by atoms with Crippen molar-refractivity contribution >= 4 is 5.69 Å². The standard InChI is InChI=1S/C12H15N3/c1-11-4-2-3-5-12(11)14-7-9-15-8-6-13-10-15/h2-6,8,10,14H,7,9H2,1H3. The Kier molecular flexibility index (Phi) is 3.02. The predicted octanol–water partition coefficient (Wildman–Crippen LogP) is 2.30. The number of nitrogens with one attached hydrogen (secondary N) is 1. The summed E-state index contributed by atoms with van der Waals surface area (Å²) in [4.78, 5) is 4.00. The van der Waals surface area contributed by atoms with E-state index in [1.807, 2.05) is 18.6 Å². The van der Waals surface area contributed by atoms with Crippen LogP contribution in [-0.4, -0.2) is 16.1 Å². The molecule has 78 valence electrons. The molecule has 2 rings (SSSR count). The molecule has 0 aliphatic carbocycles. The molecule has 0 amide bonds. The SMILES string of the molecule is Cc1ccccc1NCCn1ccnc1. The molecular weight excluding hydrogens is 186 g/mol. The Morgan fingerprint density at radius 1 is 1.33 bits per heavy atom. The third kappa shape index (κ3) is 2.59. The van der Waals surface area contributed by atoms with Crippen molar-refractivity contribution in [2.24, 2.45) is 0 Å². The number of benzene rings is 1. The molecule has 0 saturated heterocycles. The first-order valence-electron chi connectivity index (χ1n) is 5.11. The number of aromatic nitrogens is 2. The molecule has 1 N–H and O–H groups in total. The van der Waals surface area contributed by atoms with Crippen LogP contribution in [0.5, 0.6) is 0 Å². The minimum atomic E-state index is 0.918. The summed E-state index contributed by atoms with van der Waals surface area (Å²) in [6.45, 7) is 3.97. The van der Waals surface area contributed by atoms with Crippen LogP contribution in [0.1, 0.15) is 5.56 Å². The highest BCUT2D eigenvalue weighted by atomic mass is 15.0. The van der Waals surface area contributed by atoms with Gasteiger partial charge in [0.1, 0.15) is 0 Å². The molecule has 0 unspecified atom stereocenters. The van der Waals surface area contributed by atoms with Gasteiger partial charge in [-0.3, -0.25) is 0 Å². The molecule has 1 aromatic carbocycles. The Labute approximate surface area is 89.8 Å². The first-order chi connectivity index (χ1) is 7.36. The van der Waals surface area contributed by atoms with Gasteiger partial charge in [-0.1, -0.05) is 18.2 Å². The summed E-state index contributed by atoms with van der Waals surface area (Å²) in [5, 5.41) is 3.40. The second kappa shape index (κ2) is 4.64. The van der Waals surface area contributed by atoms with E-state index in [0.717, 1.165) is 13.1 Å². The van der Waals surface area contributed by atoms with Gasteiger partial charge in [-0.05, 0) is 18.6 Å². The van der Waals surface area contributed by atoms with Crippen molar-refractivity contribution in [1.82, 2.24) is 9.55 Å². The zero-order valence-electron chi connectivity index (χ0n) is 8.85. The van der Waals surface area contributed by atoms with Crippen molar-refractivity contribution < 1.29 is 0 Å². The average Bonchev–Trinajstić information content (AvgIpc) is 2.74. The molecule has 0 atom stereocenters. The molecule has 0 fully saturated rings. The Balaban J connectivity index is 1.86. The quantitative estimate of drug-likeness (QED) is 0.822. The van der Waals surface area contributed by atoms with Gasteiger partial charge in [-0.15, -0.1) is 0 Å². The summed E-state index contributed by atoms with van der Waals surface area (Å²) >= 11 is 0. The van der Waals surface area contributed by atoms with E-state index in [1.165, 1.54) is 11.3 Å². The lowest BCUT2D eigenvalue weighted by Gasteiger charge is -2.09. The van der Waals surface area contributed by atoms with Gasteiger partial charge in [-0.25, -0.2) is 4.98 Å². The zero-order chi connectivity index (χ0) is 10.5. The van der Waals surface area contributed by atoms with Crippen molar-refractivity contribution in [3.8, 4) is 0 Å². The van der Waals surface area contributed by atoms with E-state index in [1.54, 1.807) is 6.20 Å². The number of imidazole rings is 1. The minimum absolute atomic E-state index is 0.918. The van der Waals surface area contributed by atoms with Gasteiger partial charge in [0, 0.05) is 31.2 Å². The molecule has 0 spiro atoms. The fourth-order valence-corrected chi connectivity index (χ4v) is 1.51. The van der Waals surface area contributed by atoms with E-state index in [0.29, 0.717) is 0 Å². The van der Waals surface area contributed by atoms with Crippen LogP contribution in [0.25, 0.3) is 0 Å². The summed E-state index contributed by atoms with van der Waals surface area (Å²) in [7, 11) is 0. The van der Waals surface area contributed by atoms with Gasteiger partial charge < -0.3 is 9.88 Å². The van der Waals surface area contributed by atoms with Crippen LogP contribution in [0.3, 0.4) is 0 Å². The van der Waals surface area contributed by atoms with E-state index in [2.05, 4.69) is 40.0 Å². The number of aryl methyl sites for hydroxylation is 1. The molecule has 0 bridgehead atoms. The van der Waals surface area contributed by atoms with Crippen LogP contribution in [0, 0.1) is 6.92 Å². The number of nitrogens with zero attached hydrogens (tertiary/aromatic N) is 2. The Morgan fingerprint density at radius 3 is 2.93 bits per heavy atom. The van der Waals surface area contributed by atoms with Gasteiger partial charge in [0.15, 0.2) is 0 Å². The molecular formula is C12H15N3. The average molecular weight is 201 g/mol.